The van der Waals surface area contributed by atoms with Crippen molar-refractivity contribution in [2.24, 2.45) is 7.05 Å². The minimum Gasteiger partial charge on any atom is -0.456 e. The molecule has 2 aromatic heterocycles. The zero-order chi connectivity index (χ0) is 13.2. The number of esters is 1. The highest BCUT2D eigenvalue weighted by Crippen LogP contribution is 2.08. The number of aromatic nitrogens is 3. The van der Waals surface area contributed by atoms with E-state index in [0.29, 0.717) is 11.5 Å². The molecular formula is C14H13N3O2. The van der Waals surface area contributed by atoms with Gasteiger partial charge in [0.05, 0.1) is 0 Å². The topological polar surface area (TPSA) is 48.5 Å². The molecule has 0 aliphatic rings. The van der Waals surface area contributed by atoms with Crippen molar-refractivity contribution in [2.75, 3.05) is 0 Å². The van der Waals surface area contributed by atoms with Gasteiger partial charge in [-0.15, -0.1) is 0 Å². The molecule has 0 spiro atoms. The Morgan fingerprint density at radius 1 is 1.26 bits per heavy atom. The van der Waals surface area contributed by atoms with Gasteiger partial charge in [-0.1, -0.05) is 30.3 Å². The molecule has 5 heteroatoms. The van der Waals surface area contributed by atoms with Gasteiger partial charge in [-0.25, -0.2) is 9.78 Å². The number of nitrogens with zero attached hydrogens (tertiary/aromatic N) is 3. The molecule has 0 radical (unpaired) electrons. The van der Waals surface area contributed by atoms with E-state index in [1.165, 1.54) is 0 Å². The molecule has 0 atom stereocenters. The zero-order valence-electron chi connectivity index (χ0n) is 10.5. The Kier molecular flexibility index (Phi) is 2.79. The van der Waals surface area contributed by atoms with Gasteiger partial charge in [0, 0.05) is 25.6 Å². The van der Waals surface area contributed by atoms with E-state index >= 15 is 0 Å². The molecule has 3 aromatic rings. The first kappa shape index (κ1) is 11.5. The van der Waals surface area contributed by atoms with Crippen LogP contribution in [0.2, 0.25) is 0 Å². The van der Waals surface area contributed by atoms with Gasteiger partial charge in [0.2, 0.25) is 5.78 Å². The summed E-state index contributed by atoms with van der Waals surface area (Å²) in [6.07, 6.45) is 5.39. The van der Waals surface area contributed by atoms with Crippen molar-refractivity contribution in [2.45, 2.75) is 6.61 Å². The molecule has 1 aromatic carbocycles. The number of rotatable bonds is 3. The summed E-state index contributed by atoms with van der Waals surface area (Å²) in [5.74, 6) is 0.305. The summed E-state index contributed by atoms with van der Waals surface area (Å²) in [5.41, 5.74) is 1.28. The Labute approximate surface area is 110 Å². The Morgan fingerprint density at radius 3 is 2.79 bits per heavy atom. The van der Waals surface area contributed by atoms with Crippen LogP contribution >= 0.6 is 0 Å². The maximum absolute atomic E-state index is 11.9. The first-order valence-corrected chi connectivity index (χ1v) is 5.95. The molecule has 0 aliphatic heterocycles. The molecule has 0 bridgehead atoms. The smallest absolute Gasteiger partial charge is 0.358 e. The fraction of sp³-hybridized carbons (Fsp3) is 0.143. The summed E-state index contributed by atoms with van der Waals surface area (Å²) in [6, 6.07) is 9.57. The van der Waals surface area contributed by atoms with Gasteiger partial charge in [-0.2, -0.15) is 0 Å². The summed E-state index contributed by atoms with van der Waals surface area (Å²) in [5, 5.41) is 0. The van der Waals surface area contributed by atoms with Crippen LogP contribution in [0.25, 0.3) is 5.78 Å². The summed E-state index contributed by atoms with van der Waals surface area (Å²) in [4.78, 5) is 16.1. The van der Waals surface area contributed by atoms with Crippen LogP contribution in [0.15, 0.2) is 48.9 Å². The number of fused-ring (bicyclic) bond motifs is 1. The number of benzene rings is 1. The maximum atomic E-state index is 11.9. The number of hydrogen-bond donors (Lipinski definition) is 0. The lowest BCUT2D eigenvalue weighted by Crippen LogP contribution is -2.05. The zero-order valence-corrected chi connectivity index (χ0v) is 10.5. The van der Waals surface area contributed by atoms with Crippen LogP contribution in [0, 0.1) is 0 Å². The number of imidazole rings is 2. The minimum absolute atomic E-state index is 0.257. The van der Waals surface area contributed by atoms with Crippen molar-refractivity contribution >= 4 is 11.7 Å². The van der Waals surface area contributed by atoms with Gasteiger partial charge in [0.1, 0.15) is 6.61 Å². The summed E-state index contributed by atoms with van der Waals surface area (Å²) < 4.78 is 8.86. The highest BCUT2D eigenvalue weighted by molar-refractivity contribution is 5.87. The number of hydrogen-bond acceptors (Lipinski definition) is 3. The molecule has 96 valence electrons. The van der Waals surface area contributed by atoms with E-state index in [0.717, 1.165) is 5.56 Å². The Balaban J connectivity index is 1.73. The van der Waals surface area contributed by atoms with Crippen molar-refractivity contribution < 1.29 is 9.53 Å². The van der Waals surface area contributed by atoms with E-state index in [2.05, 4.69) is 4.98 Å². The third-order valence-corrected chi connectivity index (χ3v) is 2.90. The van der Waals surface area contributed by atoms with Crippen molar-refractivity contribution in [1.29, 1.82) is 0 Å². The Hall–Kier alpha value is -2.56. The van der Waals surface area contributed by atoms with Gasteiger partial charge in [-0.05, 0) is 5.56 Å². The Bertz CT molecular complexity index is 713. The summed E-state index contributed by atoms with van der Waals surface area (Å²) >= 11 is 0. The fourth-order valence-corrected chi connectivity index (χ4v) is 1.89. The molecule has 0 N–H and O–H groups in total. The average molecular weight is 255 g/mol. The number of aryl methyl sites for hydroxylation is 1. The van der Waals surface area contributed by atoms with E-state index in [-0.39, 0.29) is 6.61 Å². The van der Waals surface area contributed by atoms with Crippen LogP contribution in [-0.4, -0.2) is 19.9 Å². The highest BCUT2D eigenvalue weighted by Gasteiger charge is 2.13. The minimum atomic E-state index is -0.410. The van der Waals surface area contributed by atoms with E-state index in [1.807, 2.05) is 54.3 Å². The lowest BCUT2D eigenvalue weighted by atomic mass is 10.2. The maximum Gasteiger partial charge on any atom is 0.358 e. The molecule has 0 amide bonds. The van der Waals surface area contributed by atoms with Crippen molar-refractivity contribution in [3.05, 3.63) is 60.2 Å². The van der Waals surface area contributed by atoms with Gasteiger partial charge >= 0.3 is 5.97 Å². The van der Waals surface area contributed by atoms with Gasteiger partial charge < -0.3 is 9.30 Å². The van der Waals surface area contributed by atoms with Crippen LogP contribution in [0.4, 0.5) is 0 Å². The fourth-order valence-electron chi connectivity index (χ4n) is 1.89. The Morgan fingerprint density at radius 2 is 2.05 bits per heavy atom. The molecule has 3 rings (SSSR count). The van der Waals surface area contributed by atoms with Crippen LogP contribution in [0.1, 0.15) is 16.1 Å². The van der Waals surface area contributed by atoms with Crippen LogP contribution in [-0.2, 0) is 18.4 Å². The number of carbonyl (C=O) groups excluding carboxylic acids is 1. The molecule has 0 saturated carbocycles. The standard InChI is InChI=1S/C14H13N3O2/c1-16-7-8-17-9-12(15-14(16)17)13(18)19-10-11-5-3-2-4-6-11/h2-9H,10H2,1H3. The molecule has 2 heterocycles. The quantitative estimate of drug-likeness (QED) is 0.673. The predicted octanol–water partition coefficient (Wildman–Crippen LogP) is 2.03. The number of carbonyl (C=O) groups is 1. The molecule has 19 heavy (non-hydrogen) atoms. The largest absolute Gasteiger partial charge is 0.456 e. The highest BCUT2D eigenvalue weighted by atomic mass is 16.5. The molecule has 5 nitrogen and oxygen atoms in total. The van der Waals surface area contributed by atoms with Crippen molar-refractivity contribution in [3.8, 4) is 0 Å². The second-order valence-electron chi connectivity index (χ2n) is 4.30. The van der Waals surface area contributed by atoms with E-state index in [1.54, 1.807) is 10.6 Å². The van der Waals surface area contributed by atoms with Gasteiger partial charge in [0.25, 0.3) is 0 Å². The normalized spacial score (nSPS) is 10.8. The monoisotopic (exact) mass is 255 g/mol. The second kappa shape index (κ2) is 4.61. The van der Waals surface area contributed by atoms with Crippen LogP contribution in [0.5, 0.6) is 0 Å². The predicted molar refractivity (Wildman–Crippen MR) is 69.7 cm³/mol. The number of ether oxygens (including phenoxy) is 1. The third kappa shape index (κ3) is 2.22. The third-order valence-electron chi connectivity index (χ3n) is 2.90. The SMILES string of the molecule is Cn1ccn2cc(C(=O)OCc3ccccc3)nc12. The summed E-state index contributed by atoms with van der Waals surface area (Å²) in [7, 11) is 1.88. The van der Waals surface area contributed by atoms with Crippen LogP contribution < -0.4 is 0 Å². The lowest BCUT2D eigenvalue weighted by molar-refractivity contribution is 0.0466. The second-order valence-corrected chi connectivity index (χ2v) is 4.30. The molecule has 0 aliphatic carbocycles. The lowest BCUT2D eigenvalue weighted by Gasteiger charge is -2.02. The first-order valence-electron chi connectivity index (χ1n) is 5.95. The van der Waals surface area contributed by atoms with E-state index in [9.17, 15) is 4.79 Å². The van der Waals surface area contributed by atoms with Crippen molar-refractivity contribution in [1.82, 2.24) is 14.0 Å². The van der Waals surface area contributed by atoms with E-state index < -0.39 is 5.97 Å². The van der Waals surface area contributed by atoms with Crippen molar-refractivity contribution in [3.63, 3.8) is 0 Å². The average Bonchev–Trinajstić information content (AvgIpc) is 3.00. The van der Waals surface area contributed by atoms with E-state index in [4.69, 9.17) is 4.74 Å². The molecular weight excluding hydrogens is 242 g/mol. The van der Waals surface area contributed by atoms with Gasteiger partial charge in [0.15, 0.2) is 5.69 Å². The van der Waals surface area contributed by atoms with Crippen LogP contribution in [0.3, 0.4) is 0 Å². The molecule has 0 saturated heterocycles. The first-order chi connectivity index (χ1) is 9.24. The molecule has 0 unspecified atom stereocenters. The summed E-state index contributed by atoms with van der Waals surface area (Å²) in [6.45, 7) is 0.257. The van der Waals surface area contributed by atoms with Gasteiger partial charge in [-0.3, -0.25) is 4.40 Å². The molecule has 0 fully saturated rings.